The fourth-order valence-electron chi connectivity index (χ4n) is 9.76. The van der Waals surface area contributed by atoms with Crippen LogP contribution < -0.4 is 0 Å². The van der Waals surface area contributed by atoms with E-state index < -0.39 is 24.3 Å². The van der Waals surface area contributed by atoms with Crippen LogP contribution in [0.15, 0.2) is 158 Å². The van der Waals surface area contributed by atoms with E-state index in [-0.39, 0.29) is 32.2 Å². The third-order valence-corrected chi connectivity index (χ3v) is 15.3. The molecule has 0 spiro atoms. The first-order valence-corrected chi connectivity index (χ1v) is 36.6. The Morgan fingerprint density at radius 3 is 0.879 bits per heavy atom. The molecule has 91 heavy (non-hydrogen) atoms. The lowest BCUT2D eigenvalue weighted by Gasteiger charge is -2.25. The summed E-state index contributed by atoms with van der Waals surface area (Å²) in [6.45, 7) is 4.63. The quantitative estimate of drug-likeness (QED) is 0.0211. The normalized spacial score (nSPS) is 13.6. The highest BCUT2D eigenvalue weighted by Crippen LogP contribution is 2.17. The zero-order chi connectivity index (χ0) is 66.1. The van der Waals surface area contributed by atoms with Gasteiger partial charge in [-0.15, -0.1) is 0 Å². The monoisotopic (exact) mass is 1260 g/mol. The minimum absolute atomic E-state index is 0.177. The van der Waals surface area contributed by atoms with Crippen LogP contribution in [0.5, 0.6) is 0 Å². The van der Waals surface area contributed by atoms with Gasteiger partial charge in [0, 0.05) is 12.8 Å². The molecule has 0 amide bonds. The minimum atomic E-state index is -1.53. The Kier molecular flexibility index (Phi) is 66.8. The molecule has 1 N–H and O–H groups in total. The SMILES string of the molecule is CC/C=C\C/C=C\C/C=C\C/C=C\C/C=C\C/C=C\C/C=C\CCCCCCCC(=O)OC(COC(=O)CCCCCCCCCCCCCCCCCCCCCC/C=C\C/C=C\C/C=C\C/C=C\C/C=C\C/C=C\CC)COC(OCC[N+](C)(C)C)C(=O)O. The van der Waals surface area contributed by atoms with E-state index in [1.165, 1.54) is 116 Å². The number of unbranched alkanes of at least 4 members (excludes halogenated alkanes) is 25. The molecule has 0 aromatic heterocycles. The number of nitrogens with zero attached hydrogens (tertiary/aromatic N) is 1. The molecule has 0 aliphatic heterocycles. The maximum atomic E-state index is 12.9. The second kappa shape index (κ2) is 70.8. The molecule has 0 radical (unpaired) electrons. The number of esters is 2. The molecule has 0 heterocycles. The Bertz CT molecular complexity index is 2060. The van der Waals surface area contributed by atoms with Gasteiger partial charge in [-0.05, 0) is 122 Å². The fraction of sp³-hybridized carbons (Fsp3) is 0.646. The van der Waals surface area contributed by atoms with E-state index in [1.807, 2.05) is 21.1 Å². The van der Waals surface area contributed by atoms with Crippen molar-refractivity contribution in [1.29, 1.82) is 0 Å². The summed E-state index contributed by atoms with van der Waals surface area (Å²) in [7, 11) is 5.96. The van der Waals surface area contributed by atoms with Crippen LogP contribution in [0.25, 0.3) is 0 Å². The van der Waals surface area contributed by atoms with Crippen LogP contribution in [0.4, 0.5) is 0 Å². The number of hydrogen-bond donors (Lipinski definition) is 1. The lowest BCUT2D eigenvalue weighted by atomic mass is 10.0. The number of rotatable bonds is 66. The van der Waals surface area contributed by atoms with E-state index in [0.717, 1.165) is 135 Å². The average molecular weight is 1260 g/mol. The number of likely N-dealkylation sites (N-methyl/N-ethyl adjacent to an activating group) is 1. The van der Waals surface area contributed by atoms with Crippen molar-refractivity contribution in [3.05, 3.63) is 158 Å². The van der Waals surface area contributed by atoms with Crippen molar-refractivity contribution in [3.63, 3.8) is 0 Å². The number of carbonyl (C=O) groups excluding carboxylic acids is 2. The van der Waals surface area contributed by atoms with E-state index in [9.17, 15) is 19.5 Å². The van der Waals surface area contributed by atoms with E-state index >= 15 is 0 Å². The van der Waals surface area contributed by atoms with Gasteiger partial charge in [-0.1, -0.05) is 307 Å². The highest BCUT2D eigenvalue weighted by molar-refractivity contribution is 5.71. The maximum Gasteiger partial charge on any atom is 0.361 e. The number of ether oxygens (including phenoxy) is 4. The van der Waals surface area contributed by atoms with Gasteiger partial charge in [0.25, 0.3) is 6.29 Å². The first kappa shape index (κ1) is 85.9. The predicted molar refractivity (Wildman–Crippen MR) is 391 cm³/mol. The van der Waals surface area contributed by atoms with E-state index in [0.29, 0.717) is 23.9 Å². The lowest BCUT2D eigenvalue weighted by molar-refractivity contribution is -0.870. The molecule has 0 aliphatic rings. The van der Waals surface area contributed by atoms with Crippen LogP contribution in [0.3, 0.4) is 0 Å². The Balaban J connectivity index is 4.10. The van der Waals surface area contributed by atoms with Crippen LogP contribution in [-0.2, 0) is 33.3 Å². The second-order valence-corrected chi connectivity index (χ2v) is 25.1. The summed E-state index contributed by atoms with van der Waals surface area (Å²) in [4.78, 5) is 37.7. The van der Waals surface area contributed by atoms with Crippen molar-refractivity contribution in [1.82, 2.24) is 0 Å². The van der Waals surface area contributed by atoms with Crippen molar-refractivity contribution in [3.8, 4) is 0 Å². The zero-order valence-corrected chi connectivity index (χ0v) is 58.9. The van der Waals surface area contributed by atoms with E-state index in [4.69, 9.17) is 18.9 Å². The second-order valence-electron chi connectivity index (χ2n) is 25.1. The number of carbonyl (C=O) groups is 3. The largest absolute Gasteiger partial charge is 0.477 e. The third kappa shape index (κ3) is 72.2. The summed E-state index contributed by atoms with van der Waals surface area (Å²) in [6, 6.07) is 0. The third-order valence-electron chi connectivity index (χ3n) is 15.3. The molecule has 2 unspecified atom stereocenters. The molecule has 0 aromatic rings. The minimum Gasteiger partial charge on any atom is -0.477 e. The lowest BCUT2D eigenvalue weighted by Crippen LogP contribution is -2.40. The van der Waals surface area contributed by atoms with Gasteiger partial charge < -0.3 is 28.5 Å². The first-order valence-electron chi connectivity index (χ1n) is 36.6. The summed E-state index contributed by atoms with van der Waals surface area (Å²) < 4.78 is 23.0. The zero-order valence-electron chi connectivity index (χ0n) is 58.9. The Labute approximate surface area is 559 Å². The summed E-state index contributed by atoms with van der Waals surface area (Å²) in [5.74, 6) is -2.04. The van der Waals surface area contributed by atoms with Crippen LogP contribution >= 0.6 is 0 Å². The van der Waals surface area contributed by atoms with Crippen LogP contribution in [0.2, 0.25) is 0 Å². The van der Waals surface area contributed by atoms with Gasteiger partial charge in [-0.25, -0.2) is 4.79 Å². The molecule has 9 nitrogen and oxygen atoms in total. The van der Waals surface area contributed by atoms with Crippen molar-refractivity contribution >= 4 is 17.9 Å². The van der Waals surface area contributed by atoms with Gasteiger partial charge >= 0.3 is 17.9 Å². The van der Waals surface area contributed by atoms with Crippen LogP contribution in [-0.4, -0.2) is 87.4 Å². The van der Waals surface area contributed by atoms with E-state index in [1.54, 1.807) is 0 Å². The number of carboxylic acids is 1. The number of carboxylic acid groups (broad SMARTS) is 1. The topological polar surface area (TPSA) is 108 Å². The molecule has 2 atom stereocenters. The maximum absolute atomic E-state index is 12.9. The van der Waals surface area contributed by atoms with Gasteiger partial charge in [0.1, 0.15) is 13.2 Å². The molecule has 516 valence electrons. The number of hydrogen-bond acceptors (Lipinski definition) is 7. The summed E-state index contributed by atoms with van der Waals surface area (Å²) in [5.41, 5.74) is 0. The number of aliphatic carboxylic acids is 1. The summed E-state index contributed by atoms with van der Waals surface area (Å²) in [6.07, 6.45) is 102. The molecule has 0 rings (SSSR count). The van der Waals surface area contributed by atoms with Gasteiger partial charge in [0.2, 0.25) is 0 Å². The van der Waals surface area contributed by atoms with Gasteiger partial charge in [0.15, 0.2) is 6.10 Å². The standard InChI is InChI=1S/C82H135NO8/c1-6-8-10-12-14-16-18-20-22-24-26-28-30-32-34-35-36-37-38-39-40-41-42-43-44-45-47-48-50-52-54-56-58-60-62-64-66-68-70-72-79(84)89-76-78(77-90-82(81(86)87)88-75-74-83(3,4)5)91-80(85)73-71-69-67-65-63-61-59-57-55-53-51-49-46-33-31-29-27-25-23-21-19-17-15-13-11-9-7-2/h8-11,14-17,20-23,26-29,32-34,36-37,46,51,53,57,59,78,82H,6-7,12-13,18-19,24-25,30-31,35,38-45,47-50,52,54-56,58,60-77H2,1-5H3/p+1/b10-8-,11-9-,16-14-,17-15-,22-20-,23-21-,28-26-,29-27-,34-32-,37-36-,46-33-,53-51-,59-57-. The molecule has 0 aliphatic carbocycles. The molecule has 0 saturated heterocycles. The highest BCUT2D eigenvalue weighted by Gasteiger charge is 2.25. The molecule has 0 bridgehead atoms. The predicted octanol–water partition coefficient (Wildman–Crippen LogP) is 23.2. The number of quaternary nitrogens is 1. The Morgan fingerprint density at radius 2 is 0.593 bits per heavy atom. The van der Waals surface area contributed by atoms with Crippen LogP contribution in [0.1, 0.15) is 284 Å². The van der Waals surface area contributed by atoms with Gasteiger partial charge in [-0.3, -0.25) is 9.59 Å². The van der Waals surface area contributed by atoms with Crippen LogP contribution in [0, 0.1) is 0 Å². The van der Waals surface area contributed by atoms with E-state index in [2.05, 4.69) is 172 Å². The summed E-state index contributed by atoms with van der Waals surface area (Å²) >= 11 is 0. The van der Waals surface area contributed by atoms with Crippen molar-refractivity contribution in [2.75, 3.05) is 47.5 Å². The molecular weight excluding hydrogens is 1130 g/mol. The Hall–Kier alpha value is -5.09. The molecule has 0 saturated carbocycles. The highest BCUT2D eigenvalue weighted by atomic mass is 16.7. The molecule has 0 aromatic carbocycles. The van der Waals surface area contributed by atoms with Crippen molar-refractivity contribution < 1.29 is 42.9 Å². The summed E-state index contributed by atoms with van der Waals surface area (Å²) in [5, 5.41) is 9.75. The molecule has 0 fully saturated rings. The Morgan fingerprint density at radius 1 is 0.330 bits per heavy atom. The average Bonchev–Trinajstić information content (AvgIpc) is 3.46. The van der Waals surface area contributed by atoms with Gasteiger partial charge in [0.05, 0.1) is 34.4 Å². The molecular formula is C82H136NO8+. The first-order chi connectivity index (χ1) is 44.6. The van der Waals surface area contributed by atoms with Crippen molar-refractivity contribution in [2.45, 2.75) is 296 Å². The van der Waals surface area contributed by atoms with Crippen molar-refractivity contribution in [2.24, 2.45) is 0 Å². The smallest absolute Gasteiger partial charge is 0.361 e. The fourth-order valence-corrected chi connectivity index (χ4v) is 9.76. The van der Waals surface area contributed by atoms with Gasteiger partial charge in [-0.2, -0.15) is 0 Å². The molecule has 9 heteroatoms. The number of allylic oxidation sites excluding steroid dienone is 26.